The van der Waals surface area contributed by atoms with Gasteiger partial charge in [-0.25, -0.2) is 4.98 Å². The third-order valence-electron chi connectivity index (χ3n) is 2.85. The molecule has 2 heterocycles. The van der Waals surface area contributed by atoms with Crippen molar-refractivity contribution in [3.05, 3.63) is 40.1 Å². The Morgan fingerprint density at radius 3 is 2.94 bits per heavy atom. The molecule has 98 valence electrons. The van der Waals surface area contributed by atoms with Crippen molar-refractivity contribution in [1.82, 2.24) is 14.9 Å². The molecule has 1 N–H and O–H groups in total. The van der Waals surface area contributed by atoms with E-state index in [1.807, 2.05) is 0 Å². The van der Waals surface area contributed by atoms with Crippen molar-refractivity contribution in [3.63, 3.8) is 0 Å². The van der Waals surface area contributed by atoms with E-state index in [-0.39, 0.29) is 0 Å². The Morgan fingerprint density at radius 1 is 1.44 bits per heavy atom. The molecule has 2 rings (SSSR count). The molecule has 0 aliphatic heterocycles. The molecular formula is C14H21N3S. The van der Waals surface area contributed by atoms with Gasteiger partial charge in [0.05, 0.1) is 17.2 Å². The van der Waals surface area contributed by atoms with Gasteiger partial charge < -0.3 is 9.88 Å². The Hall–Kier alpha value is -1.13. The van der Waals surface area contributed by atoms with Gasteiger partial charge in [-0.05, 0) is 18.6 Å². The quantitative estimate of drug-likeness (QED) is 0.868. The summed E-state index contributed by atoms with van der Waals surface area (Å²) in [5, 5.41) is 6.84. The first-order valence-corrected chi connectivity index (χ1v) is 7.37. The van der Waals surface area contributed by atoms with Crippen molar-refractivity contribution >= 4 is 11.3 Å². The number of thiazole rings is 1. The van der Waals surface area contributed by atoms with E-state index in [0.29, 0.717) is 6.04 Å². The maximum absolute atomic E-state index is 4.62. The van der Waals surface area contributed by atoms with Gasteiger partial charge in [-0.2, -0.15) is 0 Å². The molecule has 0 fully saturated rings. The first kappa shape index (κ1) is 13.3. The Labute approximate surface area is 113 Å². The molecule has 2 aromatic rings. The normalized spacial score (nSPS) is 11.3. The van der Waals surface area contributed by atoms with E-state index in [1.54, 1.807) is 11.3 Å². The molecule has 3 nitrogen and oxygen atoms in total. The number of aryl methyl sites for hydroxylation is 1. The highest BCUT2D eigenvalue weighted by molar-refractivity contribution is 7.09. The monoisotopic (exact) mass is 263 g/mol. The molecule has 0 atom stereocenters. The van der Waals surface area contributed by atoms with Gasteiger partial charge in [0.2, 0.25) is 0 Å². The molecule has 0 saturated heterocycles. The number of nitrogens with zero attached hydrogens (tertiary/aromatic N) is 2. The molecule has 0 unspecified atom stereocenters. The van der Waals surface area contributed by atoms with Gasteiger partial charge >= 0.3 is 0 Å². The molecule has 0 bridgehead atoms. The molecule has 2 aromatic heterocycles. The van der Waals surface area contributed by atoms with Gasteiger partial charge in [-0.15, -0.1) is 11.3 Å². The molecular weight excluding hydrogens is 242 g/mol. The standard InChI is InChI=1S/C14H21N3S/c1-4-14-16-12(10-18-14)9-17-7-5-6-13(17)8-15-11(2)3/h5-7,10-11,15H,4,8-9H2,1-3H3. The first-order chi connectivity index (χ1) is 8.69. The van der Waals surface area contributed by atoms with E-state index in [4.69, 9.17) is 0 Å². The Balaban J connectivity index is 2.02. The fourth-order valence-electron chi connectivity index (χ4n) is 1.83. The van der Waals surface area contributed by atoms with Gasteiger partial charge in [0, 0.05) is 29.9 Å². The fraction of sp³-hybridized carbons (Fsp3) is 0.500. The second kappa shape index (κ2) is 6.16. The predicted molar refractivity (Wildman–Crippen MR) is 77.0 cm³/mol. The maximum atomic E-state index is 4.62. The molecule has 4 heteroatoms. The highest BCUT2D eigenvalue weighted by atomic mass is 32.1. The van der Waals surface area contributed by atoms with Crippen molar-refractivity contribution in [3.8, 4) is 0 Å². The van der Waals surface area contributed by atoms with E-state index in [2.05, 4.69) is 59.3 Å². The van der Waals surface area contributed by atoms with Crippen molar-refractivity contribution < 1.29 is 0 Å². The number of nitrogens with one attached hydrogen (secondary N) is 1. The van der Waals surface area contributed by atoms with Gasteiger partial charge in [0.15, 0.2) is 0 Å². The van der Waals surface area contributed by atoms with E-state index in [0.717, 1.165) is 19.5 Å². The number of aromatic nitrogens is 2. The van der Waals surface area contributed by atoms with Gasteiger partial charge in [-0.1, -0.05) is 20.8 Å². The van der Waals surface area contributed by atoms with Gasteiger partial charge in [-0.3, -0.25) is 0 Å². The van der Waals surface area contributed by atoms with Crippen LogP contribution in [-0.4, -0.2) is 15.6 Å². The topological polar surface area (TPSA) is 29.9 Å². The van der Waals surface area contributed by atoms with Gasteiger partial charge in [0.1, 0.15) is 0 Å². The minimum Gasteiger partial charge on any atom is -0.344 e. The Bertz CT molecular complexity index is 485. The average Bonchev–Trinajstić information content (AvgIpc) is 2.96. The van der Waals surface area contributed by atoms with E-state index >= 15 is 0 Å². The van der Waals surface area contributed by atoms with Crippen LogP contribution in [-0.2, 0) is 19.5 Å². The Kier molecular flexibility index (Phi) is 4.55. The molecule has 0 aromatic carbocycles. The zero-order valence-electron chi connectivity index (χ0n) is 11.3. The summed E-state index contributed by atoms with van der Waals surface area (Å²) in [6.07, 6.45) is 3.15. The number of hydrogen-bond donors (Lipinski definition) is 1. The van der Waals surface area contributed by atoms with E-state index < -0.39 is 0 Å². The fourth-order valence-corrected chi connectivity index (χ4v) is 2.57. The van der Waals surface area contributed by atoms with Crippen LogP contribution in [0.1, 0.15) is 37.2 Å². The van der Waals surface area contributed by atoms with E-state index in [9.17, 15) is 0 Å². The lowest BCUT2D eigenvalue weighted by atomic mass is 10.3. The van der Waals surface area contributed by atoms with Crippen molar-refractivity contribution in [1.29, 1.82) is 0 Å². The van der Waals surface area contributed by atoms with Gasteiger partial charge in [0.25, 0.3) is 0 Å². The SMILES string of the molecule is CCc1nc(Cn2cccc2CNC(C)C)cs1. The zero-order chi connectivity index (χ0) is 13.0. The molecule has 18 heavy (non-hydrogen) atoms. The zero-order valence-corrected chi connectivity index (χ0v) is 12.1. The molecule has 0 amide bonds. The number of rotatable bonds is 6. The van der Waals surface area contributed by atoms with Crippen molar-refractivity contribution in [2.45, 2.75) is 46.3 Å². The predicted octanol–water partition coefficient (Wildman–Crippen LogP) is 3.05. The summed E-state index contributed by atoms with van der Waals surface area (Å²) in [5.41, 5.74) is 2.48. The van der Waals surface area contributed by atoms with E-state index in [1.165, 1.54) is 16.4 Å². The minimum atomic E-state index is 0.513. The summed E-state index contributed by atoms with van der Waals surface area (Å²) in [6.45, 7) is 8.27. The third kappa shape index (κ3) is 3.43. The first-order valence-electron chi connectivity index (χ1n) is 6.49. The smallest absolute Gasteiger partial charge is 0.0926 e. The van der Waals surface area contributed by atoms with Crippen LogP contribution >= 0.6 is 11.3 Å². The van der Waals surface area contributed by atoms with Crippen LogP contribution in [0.4, 0.5) is 0 Å². The van der Waals surface area contributed by atoms with Crippen molar-refractivity contribution in [2.75, 3.05) is 0 Å². The average molecular weight is 263 g/mol. The lowest BCUT2D eigenvalue weighted by Crippen LogP contribution is -2.23. The summed E-state index contributed by atoms with van der Waals surface area (Å²) in [7, 11) is 0. The van der Waals surface area contributed by atoms with Crippen LogP contribution in [0.15, 0.2) is 23.7 Å². The number of hydrogen-bond acceptors (Lipinski definition) is 3. The Morgan fingerprint density at radius 2 is 2.28 bits per heavy atom. The second-order valence-electron chi connectivity index (χ2n) is 4.75. The maximum Gasteiger partial charge on any atom is 0.0926 e. The van der Waals surface area contributed by atoms with Crippen LogP contribution in [0, 0.1) is 0 Å². The summed E-state index contributed by atoms with van der Waals surface area (Å²) in [5.74, 6) is 0. The lowest BCUT2D eigenvalue weighted by molar-refractivity contribution is 0.563. The molecule has 0 spiro atoms. The largest absolute Gasteiger partial charge is 0.344 e. The summed E-state index contributed by atoms with van der Waals surface area (Å²) in [6, 6.07) is 4.78. The lowest BCUT2D eigenvalue weighted by Gasteiger charge is -2.11. The van der Waals surface area contributed by atoms with Crippen LogP contribution in [0.3, 0.4) is 0 Å². The van der Waals surface area contributed by atoms with Crippen LogP contribution in [0.2, 0.25) is 0 Å². The third-order valence-corrected chi connectivity index (χ3v) is 3.89. The van der Waals surface area contributed by atoms with Crippen LogP contribution in [0.25, 0.3) is 0 Å². The summed E-state index contributed by atoms with van der Waals surface area (Å²) in [4.78, 5) is 4.62. The molecule has 0 saturated carbocycles. The molecule has 0 radical (unpaired) electrons. The summed E-state index contributed by atoms with van der Waals surface area (Å²) < 4.78 is 2.27. The highest BCUT2D eigenvalue weighted by Gasteiger charge is 2.05. The summed E-state index contributed by atoms with van der Waals surface area (Å²) >= 11 is 1.76. The van der Waals surface area contributed by atoms with Crippen molar-refractivity contribution in [2.24, 2.45) is 0 Å². The second-order valence-corrected chi connectivity index (χ2v) is 5.69. The van der Waals surface area contributed by atoms with Crippen LogP contribution in [0.5, 0.6) is 0 Å². The molecule has 0 aliphatic carbocycles. The van der Waals surface area contributed by atoms with Crippen LogP contribution < -0.4 is 5.32 Å². The minimum absolute atomic E-state index is 0.513. The molecule has 0 aliphatic rings. The highest BCUT2D eigenvalue weighted by Crippen LogP contribution is 2.13.